The third-order valence-corrected chi connectivity index (χ3v) is 5.35. The van der Waals surface area contributed by atoms with E-state index in [0.717, 1.165) is 11.3 Å². The molecule has 1 aliphatic rings. The van der Waals surface area contributed by atoms with E-state index in [9.17, 15) is 4.79 Å². The zero-order valence-corrected chi connectivity index (χ0v) is 17.6. The Bertz CT molecular complexity index is 982. The molecule has 1 aliphatic heterocycles. The second kappa shape index (κ2) is 8.69. The number of aromatic nitrogens is 2. The summed E-state index contributed by atoms with van der Waals surface area (Å²) in [5, 5.41) is 4.12. The number of carbonyl (C=O) groups is 1. The lowest BCUT2D eigenvalue weighted by atomic mass is 10.0. The van der Waals surface area contributed by atoms with Crippen molar-refractivity contribution in [1.82, 2.24) is 15.0 Å². The molecule has 0 aliphatic carbocycles. The highest BCUT2D eigenvalue weighted by Gasteiger charge is 2.35. The van der Waals surface area contributed by atoms with Crippen LogP contribution in [0.15, 0.2) is 59.1 Å². The summed E-state index contributed by atoms with van der Waals surface area (Å²) in [6.45, 7) is 7.43. The molecule has 0 spiro atoms. The van der Waals surface area contributed by atoms with Gasteiger partial charge in [0, 0.05) is 25.1 Å². The van der Waals surface area contributed by atoms with Crippen LogP contribution < -0.4 is 4.74 Å². The zero-order chi connectivity index (χ0) is 21.1. The molecule has 2 unspecified atom stereocenters. The summed E-state index contributed by atoms with van der Waals surface area (Å²) in [6, 6.07) is 17.9. The minimum atomic E-state index is -0.0646. The Kier molecular flexibility index (Phi) is 5.84. The quantitative estimate of drug-likeness (QED) is 0.573. The van der Waals surface area contributed by atoms with E-state index >= 15 is 0 Å². The largest absolute Gasteiger partial charge is 0.491 e. The van der Waals surface area contributed by atoms with Crippen molar-refractivity contribution >= 4 is 5.91 Å². The molecule has 2 heterocycles. The van der Waals surface area contributed by atoms with E-state index in [1.54, 1.807) is 0 Å². The Hall–Kier alpha value is -3.15. The van der Waals surface area contributed by atoms with Crippen molar-refractivity contribution in [2.75, 3.05) is 13.1 Å². The molecule has 30 heavy (non-hydrogen) atoms. The summed E-state index contributed by atoms with van der Waals surface area (Å²) in [7, 11) is 0. The molecule has 0 saturated carbocycles. The minimum absolute atomic E-state index is 0.0646. The molecule has 6 heteroatoms. The molecule has 6 nitrogen and oxygen atoms in total. The summed E-state index contributed by atoms with van der Waals surface area (Å²) >= 11 is 0. The predicted molar refractivity (Wildman–Crippen MR) is 114 cm³/mol. The first-order chi connectivity index (χ1) is 14.5. The van der Waals surface area contributed by atoms with Crippen LogP contribution in [0.3, 0.4) is 0 Å². The van der Waals surface area contributed by atoms with E-state index in [0.29, 0.717) is 31.2 Å². The number of carbonyl (C=O) groups excluding carboxylic acids is 1. The van der Waals surface area contributed by atoms with E-state index < -0.39 is 0 Å². The van der Waals surface area contributed by atoms with Gasteiger partial charge in [0.15, 0.2) is 0 Å². The van der Waals surface area contributed by atoms with Gasteiger partial charge in [-0.2, -0.15) is 4.98 Å². The maximum Gasteiger partial charge on any atom is 0.232 e. The SMILES string of the molecule is CC(C)Oc1ccc(-c2noc(C3CC(=O)N(CC(C)c4ccccc4)C3)n2)cc1. The van der Waals surface area contributed by atoms with Gasteiger partial charge in [0.05, 0.1) is 12.0 Å². The first kappa shape index (κ1) is 20.1. The van der Waals surface area contributed by atoms with Crippen molar-refractivity contribution in [3.8, 4) is 17.1 Å². The van der Waals surface area contributed by atoms with Gasteiger partial charge < -0.3 is 14.2 Å². The van der Waals surface area contributed by atoms with E-state index in [-0.39, 0.29) is 23.8 Å². The van der Waals surface area contributed by atoms with Crippen LogP contribution in [-0.4, -0.2) is 40.1 Å². The van der Waals surface area contributed by atoms with Crippen LogP contribution in [0.1, 0.15) is 50.5 Å². The number of hydrogen-bond donors (Lipinski definition) is 0. The molecule has 2 atom stereocenters. The third kappa shape index (κ3) is 4.53. The van der Waals surface area contributed by atoms with Crippen LogP contribution >= 0.6 is 0 Å². The Labute approximate surface area is 176 Å². The van der Waals surface area contributed by atoms with Gasteiger partial charge in [-0.05, 0) is 49.6 Å². The number of nitrogens with zero attached hydrogens (tertiary/aromatic N) is 3. The monoisotopic (exact) mass is 405 g/mol. The fourth-order valence-corrected chi connectivity index (χ4v) is 3.80. The zero-order valence-electron chi connectivity index (χ0n) is 17.6. The molecule has 2 aromatic carbocycles. The van der Waals surface area contributed by atoms with Crippen LogP contribution in [0.2, 0.25) is 0 Å². The fraction of sp³-hybridized carbons (Fsp3) is 0.375. The first-order valence-electron chi connectivity index (χ1n) is 10.4. The molecular formula is C24H27N3O3. The van der Waals surface area contributed by atoms with Crippen LogP contribution in [-0.2, 0) is 4.79 Å². The lowest BCUT2D eigenvalue weighted by molar-refractivity contribution is -0.127. The number of benzene rings is 2. The molecular weight excluding hydrogens is 378 g/mol. The molecule has 4 rings (SSSR count). The maximum absolute atomic E-state index is 12.5. The molecule has 0 bridgehead atoms. The van der Waals surface area contributed by atoms with E-state index in [2.05, 4.69) is 29.2 Å². The minimum Gasteiger partial charge on any atom is -0.491 e. The standard InChI is InChI=1S/C24H27N3O3/c1-16(2)29-21-11-9-19(10-12-21)23-25-24(30-26-23)20-13-22(28)27(15-20)14-17(3)18-7-5-4-6-8-18/h4-12,16-17,20H,13-15H2,1-3H3. The molecule has 0 radical (unpaired) electrons. The Morgan fingerprint density at radius 3 is 2.53 bits per heavy atom. The fourth-order valence-electron chi connectivity index (χ4n) is 3.80. The van der Waals surface area contributed by atoms with Crippen molar-refractivity contribution < 1.29 is 14.1 Å². The van der Waals surface area contributed by atoms with Crippen molar-refractivity contribution in [1.29, 1.82) is 0 Å². The molecule has 1 aromatic heterocycles. The number of likely N-dealkylation sites (tertiary alicyclic amines) is 1. The number of amides is 1. The van der Waals surface area contributed by atoms with Crippen LogP contribution in [0.5, 0.6) is 5.75 Å². The summed E-state index contributed by atoms with van der Waals surface area (Å²) < 4.78 is 11.2. The van der Waals surface area contributed by atoms with Gasteiger partial charge >= 0.3 is 0 Å². The highest BCUT2D eigenvalue weighted by molar-refractivity contribution is 5.79. The highest BCUT2D eigenvalue weighted by Crippen LogP contribution is 2.30. The van der Waals surface area contributed by atoms with Crippen LogP contribution in [0.25, 0.3) is 11.4 Å². The third-order valence-electron chi connectivity index (χ3n) is 5.35. The Balaban J connectivity index is 1.41. The van der Waals surface area contributed by atoms with Gasteiger partial charge in [0.2, 0.25) is 17.6 Å². The van der Waals surface area contributed by atoms with Crippen LogP contribution in [0, 0.1) is 0 Å². The molecule has 1 amide bonds. The number of rotatable bonds is 7. The normalized spacial score (nSPS) is 17.5. The Morgan fingerprint density at radius 1 is 1.10 bits per heavy atom. The van der Waals surface area contributed by atoms with E-state index in [4.69, 9.17) is 9.26 Å². The summed E-state index contributed by atoms with van der Waals surface area (Å²) in [5.41, 5.74) is 2.10. The van der Waals surface area contributed by atoms with Crippen molar-refractivity contribution in [2.24, 2.45) is 0 Å². The summed E-state index contributed by atoms with van der Waals surface area (Å²) in [4.78, 5) is 19.0. The summed E-state index contributed by atoms with van der Waals surface area (Å²) in [6.07, 6.45) is 0.532. The van der Waals surface area contributed by atoms with Crippen LogP contribution in [0.4, 0.5) is 0 Å². The summed E-state index contributed by atoms with van der Waals surface area (Å²) in [5.74, 6) is 2.21. The topological polar surface area (TPSA) is 68.5 Å². The van der Waals surface area contributed by atoms with E-state index in [1.165, 1.54) is 5.56 Å². The van der Waals surface area contributed by atoms with Gasteiger partial charge in [0.1, 0.15) is 5.75 Å². The second-order valence-electron chi connectivity index (χ2n) is 8.16. The smallest absolute Gasteiger partial charge is 0.232 e. The Morgan fingerprint density at radius 2 is 1.83 bits per heavy atom. The van der Waals surface area contributed by atoms with Crippen molar-refractivity contribution in [3.05, 3.63) is 66.1 Å². The average Bonchev–Trinajstić information content (AvgIpc) is 3.36. The molecule has 1 fully saturated rings. The molecule has 0 N–H and O–H groups in total. The van der Waals surface area contributed by atoms with Gasteiger partial charge in [0.25, 0.3) is 0 Å². The average molecular weight is 405 g/mol. The molecule has 1 saturated heterocycles. The van der Waals surface area contributed by atoms with E-state index in [1.807, 2.05) is 61.2 Å². The highest BCUT2D eigenvalue weighted by atomic mass is 16.5. The second-order valence-corrected chi connectivity index (χ2v) is 8.16. The van der Waals surface area contributed by atoms with Crippen molar-refractivity contribution in [2.45, 2.75) is 45.1 Å². The maximum atomic E-state index is 12.5. The molecule has 156 valence electrons. The van der Waals surface area contributed by atoms with Gasteiger partial charge in [-0.1, -0.05) is 42.4 Å². The lowest BCUT2D eigenvalue weighted by Crippen LogP contribution is -2.29. The molecule has 3 aromatic rings. The predicted octanol–water partition coefficient (Wildman–Crippen LogP) is 4.64. The van der Waals surface area contributed by atoms with Gasteiger partial charge in [-0.15, -0.1) is 0 Å². The number of ether oxygens (including phenoxy) is 1. The first-order valence-corrected chi connectivity index (χ1v) is 10.4. The van der Waals surface area contributed by atoms with Crippen molar-refractivity contribution in [3.63, 3.8) is 0 Å². The lowest BCUT2D eigenvalue weighted by Gasteiger charge is -2.21. The number of hydrogen-bond acceptors (Lipinski definition) is 5. The van der Waals surface area contributed by atoms with Gasteiger partial charge in [-0.25, -0.2) is 0 Å². The van der Waals surface area contributed by atoms with Gasteiger partial charge in [-0.3, -0.25) is 4.79 Å².